The Morgan fingerprint density at radius 1 is 1.33 bits per heavy atom. The molecule has 0 aromatic heterocycles. The van der Waals surface area contributed by atoms with E-state index in [1.807, 2.05) is 0 Å². The summed E-state index contributed by atoms with van der Waals surface area (Å²) in [6.07, 6.45) is 5.66. The van der Waals surface area contributed by atoms with Gasteiger partial charge in [-0.1, -0.05) is 19.8 Å². The maximum atomic E-state index is 5.59. The molecule has 2 fully saturated rings. The average molecular weight is 212 g/mol. The first-order valence-corrected chi connectivity index (χ1v) is 6.46. The molecule has 3 nitrogen and oxygen atoms in total. The summed E-state index contributed by atoms with van der Waals surface area (Å²) in [5.74, 6) is 0. The minimum Gasteiger partial charge on any atom is -0.378 e. The fourth-order valence-corrected chi connectivity index (χ4v) is 2.87. The Labute approximate surface area is 93.2 Å². The van der Waals surface area contributed by atoms with Crippen molar-refractivity contribution in [3.05, 3.63) is 0 Å². The second-order valence-corrected chi connectivity index (χ2v) is 4.71. The summed E-state index contributed by atoms with van der Waals surface area (Å²) in [7, 11) is 0. The Bertz CT molecular complexity index is 180. The molecule has 0 bridgehead atoms. The van der Waals surface area contributed by atoms with Gasteiger partial charge in [-0.25, -0.2) is 0 Å². The Morgan fingerprint density at radius 3 is 2.87 bits per heavy atom. The van der Waals surface area contributed by atoms with Crippen LogP contribution in [-0.4, -0.2) is 49.8 Å². The highest BCUT2D eigenvalue weighted by Crippen LogP contribution is 2.26. The lowest BCUT2D eigenvalue weighted by Crippen LogP contribution is -2.53. The van der Waals surface area contributed by atoms with Gasteiger partial charge in [-0.15, -0.1) is 0 Å². The third-order valence-corrected chi connectivity index (χ3v) is 3.70. The van der Waals surface area contributed by atoms with Crippen LogP contribution >= 0.6 is 0 Å². The minimum atomic E-state index is 0.613. The van der Waals surface area contributed by atoms with E-state index in [9.17, 15) is 0 Å². The van der Waals surface area contributed by atoms with E-state index in [-0.39, 0.29) is 0 Å². The smallest absolute Gasteiger partial charge is 0.0635 e. The van der Waals surface area contributed by atoms with Gasteiger partial charge in [0.1, 0.15) is 0 Å². The number of hydrogen-bond acceptors (Lipinski definition) is 3. The van der Waals surface area contributed by atoms with E-state index in [1.165, 1.54) is 25.7 Å². The molecule has 1 saturated carbocycles. The molecule has 3 heteroatoms. The van der Waals surface area contributed by atoms with Gasteiger partial charge in [0.2, 0.25) is 0 Å². The van der Waals surface area contributed by atoms with Crippen molar-refractivity contribution < 1.29 is 4.74 Å². The van der Waals surface area contributed by atoms with E-state index < -0.39 is 0 Å². The van der Waals surface area contributed by atoms with Gasteiger partial charge in [0, 0.05) is 25.2 Å². The zero-order valence-corrected chi connectivity index (χ0v) is 9.87. The van der Waals surface area contributed by atoms with Crippen LogP contribution < -0.4 is 5.32 Å². The zero-order valence-electron chi connectivity index (χ0n) is 9.87. The van der Waals surface area contributed by atoms with E-state index in [0.717, 1.165) is 38.9 Å². The summed E-state index contributed by atoms with van der Waals surface area (Å²) in [6.45, 7) is 7.31. The number of hydrogen-bond donors (Lipinski definition) is 1. The second-order valence-electron chi connectivity index (χ2n) is 4.71. The molecule has 2 aliphatic rings. The molecule has 1 aliphatic carbocycles. The van der Waals surface area contributed by atoms with Gasteiger partial charge in [0.15, 0.2) is 0 Å². The molecule has 15 heavy (non-hydrogen) atoms. The molecular formula is C12H24N2O. The van der Waals surface area contributed by atoms with Crippen LogP contribution in [-0.2, 0) is 4.74 Å². The van der Waals surface area contributed by atoms with Crippen LogP contribution in [0.2, 0.25) is 0 Å². The highest BCUT2D eigenvalue weighted by molar-refractivity contribution is 4.85. The number of morpholine rings is 1. The molecule has 1 saturated heterocycles. The van der Waals surface area contributed by atoms with Gasteiger partial charge in [0.25, 0.3) is 0 Å². The molecule has 1 atom stereocenters. The summed E-state index contributed by atoms with van der Waals surface area (Å²) in [6, 6.07) is 1.46. The van der Waals surface area contributed by atoms with Crippen molar-refractivity contribution in [3.8, 4) is 0 Å². The Balaban J connectivity index is 1.86. The van der Waals surface area contributed by atoms with Crippen molar-refractivity contribution in [2.24, 2.45) is 0 Å². The lowest BCUT2D eigenvalue weighted by molar-refractivity contribution is -0.0266. The van der Waals surface area contributed by atoms with Crippen molar-refractivity contribution in [1.29, 1.82) is 0 Å². The van der Waals surface area contributed by atoms with E-state index in [2.05, 4.69) is 17.1 Å². The fourth-order valence-electron chi connectivity index (χ4n) is 2.87. The number of ether oxygens (including phenoxy) is 1. The predicted molar refractivity (Wildman–Crippen MR) is 62.1 cm³/mol. The number of nitrogens with zero attached hydrogens (tertiary/aromatic N) is 1. The van der Waals surface area contributed by atoms with Gasteiger partial charge in [-0.3, -0.25) is 4.90 Å². The molecule has 1 aliphatic heterocycles. The Morgan fingerprint density at radius 2 is 2.13 bits per heavy atom. The topological polar surface area (TPSA) is 24.5 Å². The van der Waals surface area contributed by atoms with E-state index in [0.29, 0.717) is 6.04 Å². The van der Waals surface area contributed by atoms with Crippen LogP contribution in [0.15, 0.2) is 0 Å². The lowest BCUT2D eigenvalue weighted by atomic mass is 10.1. The van der Waals surface area contributed by atoms with E-state index >= 15 is 0 Å². The van der Waals surface area contributed by atoms with Gasteiger partial charge >= 0.3 is 0 Å². The molecule has 0 aromatic carbocycles. The fraction of sp³-hybridized carbons (Fsp3) is 1.00. The number of rotatable bonds is 4. The number of nitrogens with one attached hydrogen (secondary N) is 1. The SMILES string of the molecule is CCNCC1COCCN1C1CCCC1. The highest BCUT2D eigenvalue weighted by Gasteiger charge is 2.30. The maximum Gasteiger partial charge on any atom is 0.0635 e. The van der Waals surface area contributed by atoms with Gasteiger partial charge < -0.3 is 10.1 Å². The summed E-state index contributed by atoms with van der Waals surface area (Å²) < 4.78 is 5.59. The Hall–Kier alpha value is -0.120. The molecule has 88 valence electrons. The molecule has 0 amide bonds. The molecule has 2 rings (SSSR count). The van der Waals surface area contributed by atoms with Crippen LogP contribution in [0, 0.1) is 0 Å². The molecule has 1 N–H and O–H groups in total. The van der Waals surface area contributed by atoms with Gasteiger partial charge in [-0.05, 0) is 19.4 Å². The third-order valence-electron chi connectivity index (χ3n) is 3.70. The quantitative estimate of drug-likeness (QED) is 0.759. The standard InChI is InChI=1S/C12H24N2O/c1-2-13-9-12-10-15-8-7-14(12)11-5-3-4-6-11/h11-13H,2-10H2,1H3. The van der Waals surface area contributed by atoms with Crippen LogP contribution in [0.5, 0.6) is 0 Å². The van der Waals surface area contributed by atoms with Crippen molar-refractivity contribution in [2.45, 2.75) is 44.7 Å². The molecule has 1 unspecified atom stereocenters. The van der Waals surface area contributed by atoms with Crippen molar-refractivity contribution in [3.63, 3.8) is 0 Å². The molecule has 1 heterocycles. The first-order valence-electron chi connectivity index (χ1n) is 6.46. The normalized spacial score (nSPS) is 29.8. The van der Waals surface area contributed by atoms with Gasteiger partial charge in [-0.2, -0.15) is 0 Å². The first-order chi connectivity index (χ1) is 7.42. The largest absolute Gasteiger partial charge is 0.378 e. The summed E-state index contributed by atoms with van der Waals surface area (Å²) >= 11 is 0. The predicted octanol–water partition coefficient (Wildman–Crippen LogP) is 1.24. The third kappa shape index (κ3) is 2.92. The molecule has 0 radical (unpaired) electrons. The highest BCUT2D eigenvalue weighted by atomic mass is 16.5. The van der Waals surface area contributed by atoms with Crippen LogP contribution in [0.4, 0.5) is 0 Å². The van der Waals surface area contributed by atoms with Crippen molar-refractivity contribution in [1.82, 2.24) is 10.2 Å². The summed E-state index contributed by atoms with van der Waals surface area (Å²) in [4.78, 5) is 2.69. The molecule has 0 aromatic rings. The first kappa shape index (κ1) is 11.4. The van der Waals surface area contributed by atoms with Crippen LogP contribution in [0.3, 0.4) is 0 Å². The van der Waals surface area contributed by atoms with Crippen molar-refractivity contribution in [2.75, 3.05) is 32.8 Å². The average Bonchev–Trinajstić information content (AvgIpc) is 2.80. The maximum absolute atomic E-state index is 5.59. The van der Waals surface area contributed by atoms with E-state index in [4.69, 9.17) is 4.74 Å². The van der Waals surface area contributed by atoms with Crippen LogP contribution in [0.25, 0.3) is 0 Å². The zero-order chi connectivity index (χ0) is 10.5. The van der Waals surface area contributed by atoms with E-state index in [1.54, 1.807) is 0 Å². The van der Waals surface area contributed by atoms with Crippen LogP contribution in [0.1, 0.15) is 32.6 Å². The monoisotopic (exact) mass is 212 g/mol. The number of likely N-dealkylation sites (N-methyl/N-ethyl adjacent to an activating group) is 1. The van der Waals surface area contributed by atoms with Crippen molar-refractivity contribution >= 4 is 0 Å². The lowest BCUT2D eigenvalue weighted by Gasteiger charge is -2.39. The van der Waals surface area contributed by atoms with Gasteiger partial charge in [0.05, 0.1) is 13.2 Å². The summed E-state index contributed by atoms with van der Waals surface area (Å²) in [5, 5.41) is 3.45. The second kappa shape index (κ2) is 5.83. The Kier molecular flexibility index (Phi) is 4.42. The minimum absolute atomic E-state index is 0.613. The molecule has 0 spiro atoms. The molecular weight excluding hydrogens is 188 g/mol. The summed E-state index contributed by atoms with van der Waals surface area (Å²) in [5.41, 5.74) is 0.